The molecule has 1 aromatic carbocycles. The number of hydrogen-bond donors (Lipinski definition) is 1. The first-order valence-electron chi connectivity index (χ1n) is 8.12. The first kappa shape index (κ1) is 14.3. The van der Waals surface area contributed by atoms with Crippen molar-refractivity contribution >= 4 is 11.4 Å². The van der Waals surface area contributed by atoms with E-state index in [1.165, 1.54) is 50.1 Å². The quantitative estimate of drug-likeness (QED) is 0.857. The number of nitrogens with one attached hydrogen (secondary N) is 1. The molecule has 0 aliphatic carbocycles. The summed E-state index contributed by atoms with van der Waals surface area (Å²) < 4.78 is 0. The number of nitrogens with zero attached hydrogens (tertiary/aromatic N) is 2. The van der Waals surface area contributed by atoms with Crippen LogP contribution in [0.2, 0.25) is 0 Å². The van der Waals surface area contributed by atoms with Gasteiger partial charge < -0.3 is 10.2 Å². The van der Waals surface area contributed by atoms with E-state index in [0.29, 0.717) is 6.04 Å². The molecular formula is C18H25N3. The molecule has 0 radical (unpaired) electrons. The van der Waals surface area contributed by atoms with Gasteiger partial charge in [0.25, 0.3) is 0 Å². The molecule has 2 heterocycles. The summed E-state index contributed by atoms with van der Waals surface area (Å²) in [4.78, 5) is 4.83. The lowest BCUT2D eigenvalue weighted by Crippen LogP contribution is -2.39. The summed E-state index contributed by atoms with van der Waals surface area (Å²) in [6, 6.07) is 9.53. The van der Waals surface area contributed by atoms with Gasteiger partial charge in [-0.3, -0.25) is 4.90 Å². The summed E-state index contributed by atoms with van der Waals surface area (Å²) in [5, 5.41) is 3.66. The van der Waals surface area contributed by atoms with E-state index in [2.05, 4.69) is 45.3 Å². The molecule has 0 aromatic heterocycles. The van der Waals surface area contributed by atoms with E-state index < -0.39 is 0 Å². The molecule has 0 atom stereocenters. The van der Waals surface area contributed by atoms with Crippen LogP contribution in [0.15, 0.2) is 24.3 Å². The zero-order chi connectivity index (χ0) is 14.5. The van der Waals surface area contributed by atoms with E-state index in [1.807, 2.05) is 0 Å². The summed E-state index contributed by atoms with van der Waals surface area (Å²) in [6.07, 6.45) is 10.4. The molecule has 3 nitrogen and oxygen atoms in total. The van der Waals surface area contributed by atoms with Gasteiger partial charge in [-0.1, -0.05) is 5.92 Å². The summed E-state index contributed by atoms with van der Waals surface area (Å²) in [6.45, 7) is 5.42. The largest absolute Gasteiger partial charge is 0.382 e. The average Bonchev–Trinajstić information content (AvgIpc) is 3.05. The van der Waals surface area contributed by atoms with Gasteiger partial charge in [0.1, 0.15) is 0 Å². The van der Waals surface area contributed by atoms with Crippen LogP contribution in [0.25, 0.3) is 0 Å². The fraction of sp³-hybridized carbons (Fsp3) is 0.556. The summed E-state index contributed by atoms with van der Waals surface area (Å²) in [5.74, 6) is 2.74. The molecule has 112 valence electrons. The summed E-state index contributed by atoms with van der Waals surface area (Å²) >= 11 is 0. The minimum absolute atomic E-state index is 0.580. The number of piperidine rings is 1. The van der Waals surface area contributed by atoms with Crippen LogP contribution in [-0.4, -0.2) is 43.7 Å². The maximum absolute atomic E-state index is 5.37. The second-order valence-corrected chi connectivity index (χ2v) is 6.14. The van der Waals surface area contributed by atoms with Gasteiger partial charge in [-0.15, -0.1) is 6.42 Å². The molecule has 0 spiro atoms. The van der Waals surface area contributed by atoms with Gasteiger partial charge in [-0.25, -0.2) is 0 Å². The lowest BCUT2D eigenvalue weighted by atomic mass is 10.0. The zero-order valence-electron chi connectivity index (χ0n) is 12.7. The maximum atomic E-state index is 5.37. The topological polar surface area (TPSA) is 18.5 Å². The van der Waals surface area contributed by atoms with E-state index >= 15 is 0 Å². The third kappa shape index (κ3) is 3.71. The highest BCUT2D eigenvalue weighted by Gasteiger charge is 2.18. The van der Waals surface area contributed by atoms with Crippen LogP contribution in [0.4, 0.5) is 11.4 Å². The molecule has 2 aliphatic heterocycles. The molecule has 2 saturated heterocycles. The van der Waals surface area contributed by atoms with E-state index in [0.717, 1.165) is 19.6 Å². The average molecular weight is 283 g/mol. The van der Waals surface area contributed by atoms with Crippen molar-refractivity contribution in [2.75, 3.05) is 42.9 Å². The van der Waals surface area contributed by atoms with Crippen LogP contribution in [0, 0.1) is 12.3 Å². The third-order valence-corrected chi connectivity index (χ3v) is 4.61. The molecule has 0 bridgehead atoms. The molecule has 3 rings (SSSR count). The third-order valence-electron chi connectivity index (χ3n) is 4.61. The Bertz CT molecular complexity index is 474. The predicted octanol–water partition coefficient (Wildman–Crippen LogP) is 2.80. The van der Waals surface area contributed by atoms with Crippen molar-refractivity contribution in [2.24, 2.45) is 0 Å². The number of rotatable bonds is 4. The Morgan fingerprint density at radius 1 is 1.05 bits per heavy atom. The standard InChI is InChI=1S/C18H25N3/c1-2-11-20-14-9-17(10-15-20)19-16-5-7-18(8-6-16)21-12-3-4-13-21/h1,5-8,17,19H,3-4,9-15H2. The Hall–Kier alpha value is -1.66. The summed E-state index contributed by atoms with van der Waals surface area (Å²) in [5.41, 5.74) is 2.61. The van der Waals surface area contributed by atoms with Crippen LogP contribution in [0.3, 0.4) is 0 Å². The molecule has 1 N–H and O–H groups in total. The number of hydrogen-bond acceptors (Lipinski definition) is 3. The van der Waals surface area contributed by atoms with Gasteiger partial charge in [-0.05, 0) is 49.9 Å². The van der Waals surface area contributed by atoms with Gasteiger partial charge in [-0.2, -0.15) is 0 Å². The van der Waals surface area contributed by atoms with Crippen LogP contribution in [0.1, 0.15) is 25.7 Å². The smallest absolute Gasteiger partial charge is 0.0598 e. The van der Waals surface area contributed by atoms with Gasteiger partial charge in [0.2, 0.25) is 0 Å². The molecule has 1 aromatic rings. The Morgan fingerprint density at radius 2 is 1.71 bits per heavy atom. The highest BCUT2D eigenvalue weighted by molar-refractivity contribution is 5.55. The molecule has 2 aliphatic rings. The summed E-state index contributed by atoms with van der Waals surface area (Å²) in [7, 11) is 0. The van der Waals surface area contributed by atoms with Gasteiger partial charge >= 0.3 is 0 Å². The first-order valence-corrected chi connectivity index (χ1v) is 8.12. The van der Waals surface area contributed by atoms with Crippen molar-refractivity contribution < 1.29 is 0 Å². The Morgan fingerprint density at radius 3 is 2.33 bits per heavy atom. The van der Waals surface area contributed by atoms with E-state index in [9.17, 15) is 0 Å². The predicted molar refractivity (Wildman–Crippen MR) is 89.8 cm³/mol. The number of likely N-dealkylation sites (tertiary alicyclic amines) is 1. The van der Waals surface area contributed by atoms with Crippen molar-refractivity contribution in [3.05, 3.63) is 24.3 Å². The van der Waals surface area contributed by atoms with Crippen molar-refractivity contribution in [1.29, 1.82) is 0 Å². The van der Waals surface area contributed by atoms with Gasteiger partial charge in [0.15, 0.2) is 0 Å². The Labute approximate surface area is 128 Å². The number of terminal acetylenes is 1. The van der Waals surface area contributed by atoms with E-state index in [-0.39, 0.29) is 0 Å². The Balaban J connectivity index is 1.50. The van der Waals surface area contributed by atoms with Gasteiger partial charge in [0.05, 0.1) is 6.54 Å². The lowest BCUT2D eigenvalue weighted by molar-refractivity contribution is 0.243. The molecule has 3 heteroatoms. The fourth-order valence-corrected chi connectivity index (χ4v) is 3.34. The van der Waals surface area contributed by atoms with Crippen molar-refractivity contribution in [1.82, 2.24) is 4.90 Å². The monoisotopic (exact) mass is 283 g/mol. The SMILES string of the molecule is C#CCN1CCC(Nc2ccc(N3CCCC3)cc2)CC1. The van der Waals surface area contributed by atoms with E-state index in [4.69, 9.17) is 6.42 Å². The molecule has 0 amide bonds. The first-order chi connectivity index (χ1) is 10.3. The highest BCUT2D eigenvalue weighted by Crippen LogP contribution is 2.23. The van der Waals surface area contributed by atoms with E-state index in [1.54, 1.807) is 0 Å². The second-order valence-electron chi connectivity index (χ2n) is 6.14. The lowest BCUT2D eigenvalue weighted by Gasteiger charge is -2.31. The van der Waals surface area contributed by atoms with Crippen molar-refractivity contribution in [3.8, 4) is 12.3 Å². The molecule has 2 fully saturated rings. The van der Waals surface area contributed by atoms with Crippen LogP contribution in [-0.2, 0) is 0 Å². The molecule has 21 heavy (non-hydrogen) atoms. The Kier molecular flexibility index (Phi) is 4.67. The minimum atomic E-state index is 0.580. The van der Waals surface area contributed by atoms with Crippen molar-refractivity contribution in [2.45, 2.75) is 31.7 Å². The normalized spacial score (nSPS) is 20.4. The van der Waals surface area contributed by atoms with Crippen molar-refractivity contribution in [3.63, 3.8) is 0 Å². The van der Waals surface area contributed by atoms with Crippen LogP contribution >= 0.6 is 0 Å². The second kappa shape index (κ2) is 6.87. The number of benzene rings is 1. The minimum Gasteiger partial charge on any atom is -0.382 e. The fourth-order valence-electron chi connectivity index (χ4n) is 3.34. The highest BCUT2D eigenvalue weighted by atomic mass is 15.1. The molecular weight excluding hydrogens is 258 g/mol. The maximum Gasteiger partial charge on any atom is 0.0598 e. The molecule has 0 saturated carbocycles. The molecule has 0 unspecified atom stereocenters. The van der Waals surface area contributed by atoms with Crippen LogP contribution < -0.4 is 10.2 Å². The van der Waals surface area contributed by atoms with Gasteiger partial charge in [0, 0.05) is 43.6 Å². The zero-order valence-corrected chi connectivity index (χ0v) is 12.7. The number of anilines is 2. The van der Waals surface area contributed by atoms with Crippen LogP contribution in [0.5, 0.6) is 0 Å².